The van der Waals surface area contributed by atoms with Crippen LogP contribution in [0.5, 0.6) is 11.5 Å². The van der Waals surface area contributed by atoms with E-state index >= 15 is 0 Å². The zero-order valence-electron chi connectivity index (χ0n) is 17.9. The van der Waals surface area contributed by atoms with Crippen molar-refractivity contribution in [1.82, 2.24) is 4.57 Å². The maximum absolute atomic E-state index is 14.3. The molecule has 0 atom stereocenters. The molecule has 5 heteroatoms. The highest BCUT2D eigenvalue weighted by Gasteiger charge is 2.20. The molecule has 0 amide bonds. The van der Waals surface area contributed by atoms with E-state index in [-0.39, 0.29) is 11.3 Å². The quantitative estimate of drug-likeness (QED) is 0.460. The molecule has 2 aromatic carbocycles. The van der Waals surface area contributed by atoms with E-state index in [4.69, 9.17) is 4.74 Å². The molecule has 4 rings (SSSR count). The number of rotatable bonds is 6. The van der Waals surface area contributed by atoms with Crippen LogP contribution in [0.1, 0.15) is 36.5 Å². The fraction of sp³-hybridized carbons (Fsp3) is 0.269. The summed E-state index contributed by atoms with van der Waals surface area (Å²) < 4.78 is 35.0. The molecule has 1 heterocycles. The molecule has 0 radical (unpaired) electrons. The third kappa shape index (κ3) is 4.46. The molecule has 1 aliphatic rings. The fourth-order valence-electron chi connectivity index (χ4n) is 3.70. The second-order valence-corrected chi connectivity index (χ2v) is 8.08. The van der Waals surface area contributed by atoms with E-state index in [1.165, 1.54) is 18.9 Å². The predicted octanol–water partition coefficient (Wildman–Crippen LogP) is 6.42. The highest BCUT2D eigenvalue weighted by atomic mass is 19.1. The van der Waals surface area contributed by atoms with E-state index in [9.17, 15) is 13.6 Å². The first-order chi connectivity index (χ1) is 14.9. The number of hydrogen-bond donors (Lipinski definition) is 0. The van der Waals surface area contributed by atoms with E-state index in [1.54, 1.807) is 23.9 Å². The standard InChI is InChI=1S/C26H25F2NO2/c1-4-19-20(10-8-17-6-7-17)22(15-29(3)26(19)30)21-13-16(2)5-11-24(21)31-25-12-9-18(27)14-23(25)28/h5,8-15,17H,4,6-7H2,1-3H3/b10-8-. The van der Waals surface area contributed by atoms with Crippen LogP contribution in [-0.4, -0.2) is 4.57 Å². The number of halogens is 2. The summed E-state index contributed by atoms with van der Waals surface area (Å²) in [6, 6.07) is 8.86. The largest absolute Gasteiger partial charge is 0.454 e. The van der Waals surface area contributed by atoms with Crippen molar-refractivity contribution < 1.29 is 13.5 Å². The summed E-state index contributed by atoms with van der Waals surface area (Å²) in [6.45, 7) is 3.94. The normalized spacial score (nSPS) is 13.7. The summed E-state index contributed by atoms with van der Waals surface area (Å²) >= 11 is 0. The lowest BCUT2D eigenvalue weighted by atomic mass is 9.94. The fourth-order valence-corrected chi connectivity index (χ4v) is 3.70. The van der Waals surface area contributed by atoms with Crippen molar-refractivity contribution in [1.29, 1.82) is 0 Å². The number of ether oxygens (including phenoxy) is 1. The van der Waals surface area contributed by atoms with Gasteiger partial charge < -0.3 is 9.30 Å². The van der Waals surface area contributed by atoms with Crippen LogP contribution in [0.2, 0.25) is 0 Å². The molecule has 0 unspecified atom stereocenters. The zero-order valence-corrected chi connectivity index (χ0v) is 17.9. The summed E-state index contributed by atoms with van der Waals surface area (Å²) in [7, 11) is 1.73. The topological polar surface area (TPSA) is 31.2 Å². The number of allylic oxidation sites excluding steroid dienone is 1. The summed E-state index contributed by atoms with van der Waals surface area (Å²) in [4.78, 5) is 12.8. The number of aromatic nitrogens is 1. The SMILES string of the molecule is CCc1c(/C=C\C2CC2)c(-c2cc(C)ccc2Oc2ccc(F)cc2F)cn(C)c1=O. The van der Waals surface area contributed by atoms with Gasteiger partial charge in [-0.1, -0.05) is 30.7 Å². The van der Waals surface area contributed by atoms with E-state index < -0.39 is 11.6 Å². The Morgan fingerprint density at radius 2 is 1.84 bits per heavy atom. The average Bonchev–Trinajstić information content (AvgIpc) is 3.56. The Balaban J connectivity index is 1.90. The molecule has 1 aliphatic carbocycles. The molecule has 0 bridgehead atoms. The van der Waals surface area contributed by atoms with Gasteiger partial charge in [0.25, 0.3) is 5.56 Å². The summed E-state index contributed by atoms with van der Waals surface area (Å²) in [5.74, 6) is -0.481. The predicted molar refractivity (Wildman–Crippen MR) is 119 cm³/mol. The van der Waals surface area contributed by atoms with Crippen LogP contribution < -0.4 is 10.3 Å². The Morgan fingerprint density at radius 3 is 2.52 bits per heavy atom. The van der Waals surface area contributed by atoms with Gasteiger partial charge in [0.1, 0.15) is 11.6 Å². The number of aryl methyl sites for hydroxylation is 2. The number of benzene rings is 2. The molecular weight excluding hydrogens is 396 g/mol. The third-order valence-electron chi connectivity index (χ3n) is 5.57. The summed E-state index contributed by atoms with van der Waals surface area (Å²) in [6.07, 6.45) is 8.93. The minimum Gasteiger partial charge on any atom is -0.454 e. The molecule has 31 heavy (non-hydrogen) atoms. The van der Waals surface area contributed by atoms with Crippen LogP contribution in [-0.2, 0) is 13.5 Å². The lowest BCUT2D eigenvalue weighted by molar-refractivity contribution is 0.439. The summed E-state index contributed by atoms with van der Waals surface area (Å²) in [5.41, 5.74) is 4.18. The van der Waals surface area contributed by atoms with E-state index in [1.807, 2.05) is 32.1 Å². The van der Waals surface area contributed by atoms with Crippen molar-refractivity contribution in [3.05, 3.63) is 87.3 Å². The first-order valence-corrected chi connectivity index (χ1v) is 10.5. The zero-order chi connectivity index (χ0) is 22.1. The molecular formula is C26H25F2NO2. The molecule has 0 aliphatic heterocycles. The third-order valence-corrected chi connectivity index (χ3v) is 5.57. The van der Waals surface area contributed by atoms with Gasteiger partial charge in [0.2, 0.25) is 0 Å². The monoisotopic (exact) mass is 421 g/mol. The Bertz CT molecular complexity index is 1220. The lowest BCUT2D eigenvalue weighted by Crippen LogP contribution is -2.22. The van der Waals surface area contributed by atoms with E-state index in [0.717, 1.165) is 39.9 Å². The van der Waals surface area contributed by atoms with Gasteiger partial charge in [0.15, 0.2) is 11.6 Å². The van der Waals surface area contributed by atoms with Crippen LogP contribution in [0, 0.1) is 24.5 Å². The second kappa shape index (κ2) is 8.50. The lowest BCUT2D eigenvalue weighted by Gasteiger charge is -2.18. The van der Waals surface area contributed by atoms with Crippen molar-refractivity contribution in [2.75, 3.05) is 0 Å². The van der Waals surface area contributed by atoms with Gasteiger partial charge in [-0.2, -0.15) is 0 Å². The highest BCUT2D eigenvalue weighted by Crippen LogP contribution is 2.39. The van der Waals surface area contributed by atoms with E-state index in [0.29, 0.717) is 18.1 Å². The van der Waals surface area contributed by atoms with Gasteiger partial charge in [0.05, 0.1) is 0 Å². The first kappa shape index (κ1) is 21.0. The molecule has 3 nitrogen and oxygen atoms in total. The van der Waals surface area contributed by atoms with E-state index in [2.05, 4.69) is 6.08 Å². The molecule has 0 saturated heterocycles. The Kier molecular flexibility index (Phi) is 5.77. The van der Waals surface area contributed by atoms with Crippen molar-refractivity contribution in [3.63, 3.8) is 0 Å². The smallest absolute Gasteiger partial charge is 0.254 e. The number of hydrogen-bond acceptors (Lipinski definition) is 2. The average molecular weight is 421 g/mol. The van der Waals surface area contributed by atoms with Crippen molar-refractivity contribution in [2.45, 2.75) is 33.1 Å². The Labute approximate surface area is 180 Å². The molecule has 0 N–H and O–H groups in total. The van der Waals surface area contributed by atoms with Crippen LogP contribution >= 0.6 is 0 Å². The molecule has 1 aromatic heterocycles. The molecule has 1 saturated carbocycles. The molecule has 3 aromatic rings. The maximum atomic E-state index is 14.3. The Hall–Kier alpha value is -3.21. The minimum absolute atomic E-state index is 0.0265. The van der Waals surface area contributed by atoms with Gasteiger partial charge in [0, 0.05) is 36.0 Å². The molecule has 1 fully saturated rings. The van der Waals surface area contributed by atoms with Crippen LogP contribution in [0.15, 0.2) is 53.5 Å². The van der Waals surface area contributed by atoms with Gasteiger partial charge in [-0.05, 0) is 61.9 Å². The van der Waals surface area contributed by atoms with Crippen LogP contribution in [0.3, 0.4) is 0 Å². The highest BCUT2D eigenvalue weighted by molar-refractivity contribution is 5.81. The molecule has 0 spiro atoms. The van der Waals surface area contributed by atoms with Crippen LogP contribution in [0.4, 0.5) is 8.78 Å². The minimum atomic E-state index is -0.768. The van der Waals surface area contributed by atoms with Gasteiger partial charge in [-0.3, -0.25) is 4.79 Å². The van der Waals surface area contributed by atoms with Crippen molar-refractivity contribution >= 4 is 6.08 Å². The first-order valence-electron chi connectivity index (χ1n) is 10.5. The van der Waals surface area contributed by atoms with Gasteiger partial charge >= 0.3 is 0 Å². The number of nitrogens with zero attached hydrogens (tertiary/aromatic N) is 1. The summed E-state index contributed by atoms with van der Waals surface area (Å²) in [5, 5.41) is 0. The van der Waals surface area contributed by atoms with Crippen molar-refractivity contribution in [3.8, 4) is 22.6 Å². The second-order valence-electron chi connectivity index (χ2n) is 8.08. The molecule has 160 valence electrons. The maximum Gasteiger partial charge on any atom is 0.254 e. The van der Waals surface area contributed by atoms with Crippen molar-refractivity contribution in [2.24, 2.45) is 13.0 Å². The van der Waals surface area contributed by atoms with Gasteiger partial charge in [-0.15, -0.1) is 0 Å². The number of pyridine rings is 1. The Morgan fingerprint density at radius 1 is 1.10 bits per heavy atom. The van der Waals surface area contributed by atoms with Crippen LogP contribution in [0.25, 0.3) is 17.2 Å². The van der Waals surface area contributed by atoms with Gasteiger partial charge in [-0.25, -0.2) is 8.78 Å².